The molecule has 0 aliphatic heterocycles. The third-order valence-electron chi connectivity index (χ3n) is 3.67. The molecule has 1 N–H and O–H groups in total. The van der Waals surface area contributed by atoms with Crippen LogP contribution in [0.4, 0.5) is 0 Å². The van der Waals surface area contributed by atoms with Gasteiger partial charge in [-0.1, -0.05) is 31.9 Å². The topological polar surface area (TPSA) is 29.5 Å². The molecule has 0 aromatic heterocycles. The van der Waals surface area contributed by atoms with Crippen LogP contribution in [0.25, 0.3) is 0 Å². The minimum absolute atomic E-state index is 0.0719. The van der Waals surface area contributed by atoms with Crippen molar-refractivity contribution in [3.8, 4) is 0 Å². The van der Waals surface area contributed by atoms with Crippen LogP contribution in [0.2, 0.25) is 0 Å². The second-order valence-corrected chi connectivity index (χ2v) is 4.90. The molecular weight excluding hydrogens is 188 g/mol. The molecule has 2 heteroatoms. The van der Waals surface area contributed by atoms with E-state index in [9.17, 15) is 5.11 Å². The van der Waals surface area contributed by atoms with Crippen LogP contribution in [0.3, 0.4) is 0 Å². The molecule has 0 heterocycles. The van der Waals surface area contributed by atoms with Crippen LogP contribution in [-0.2, 0) is 4.74 Å². The highest BCUT2D eigenvalue weighted by molar-refractivity contribution is 5.11. The van der Waals surface area contributed by atoms with Gasteiger partial charge in [-0.05, 0) is 25.2 Å². The van der Waals surface area contributed by atoms with E-state index < -0.39 is 0 Å². The number of allylic oxidation sites excluding steroid dienone is 1. The lowest BCUT2D eigenvalue weighted by molar-refractivity contribution is -0.0534. The van der Waals surface area contributed by atoms with Crippen molar-refractivity contribution in [2.75, 3.05) is 6.61 Å². The van der Waals surface area contributed by atoms with E-state index in [0.717, 1.165) is 18.8 Å². The summed E-state index contributed by atoms with van der Waals surface area (Å²) in [5.41, 5.74) is 0. The normalized spacial score (nSPS) is 34.9. The summed E-state index contributed by atoms with van der Waals surface area (Å²) in [6, 6.07) is 0. The van der Waals surface area contributed by atoms with Crippen molar-refractivity contribution in [2.24, 2.45) is 11.8 Å². The fourth-order valence-electron chi connectivity index (χ4n) is 2.77. The van der Waals surface area contributed by atoms with E-state index in [-0.39, 0.29) is 12.7 Å². The third-order valence-corrected chi connectivity index (χ3v) is 3.67. The zero-order valence-corrected chi connectivity index (χ0v) is 9.56. The Kier molecular flexibility index (Phi) is 3.81. The first kappa shape index (κ1) is 11.2. The summed E-state index contributed by atoms with van der Waals surface area (Å²) in [7, 11) is 0. The van der Waals surface area contributed by atoms with E-state index in [4.69, 9.17) is 4.74 Å². The second-order valence-electron chi connectivity index (χ2n) is 4.90. The van der Waals surface area contributed by atoms with Gasteiger partial charge in [0.05, 0.1) is 18.8 Å². The first-order chi connectivity index (χ1) is 7.33. The number of hydrogen-bond acceptors (Lipinski definition) is 2. The van der Waals surface area contributed by atoms with Crippen LogP contribution >= 0.6 is 0 Å². The quantitative estimate of drug-likeness (QED) is 0.683. The maximum atomic E-state index is 9.24. The van der Waals surface area contributed by atoms with Gasteiger partial charge in [-0.25, -0.2) is 0 Å². The van der Waals surface area contributed by atoms with Crippen molar-refractivity contribution in [3.63, 3.8) is 0 Å². The van der Waals surface area contributed by atoms with Gasteiger partial charge in [0.15, 0.2) is 0 Å². The molecule has 1 saturated carbocycles. The van der Waals surface area contributed by atoms with Gasteiger partial charge in [-0.15, -0.1) is 0 Å². The first-order valence-electron chi connectivity index (χ1n) is 6.28. The average molecular weight is 210 g/mol. The standard InChI is InChI=1S/C13H22O2/c1-2-3-4-12(9-14)15-13-8-10-5-6-11(13)7-10/h5-6,10-14H,2-4,7-9H2,1H3. The number of fused-ring (bicyclic) bond motifs is 2. The van der Waals surface area contributed by atoms with Gasteiger partial charge in [0.2, 0.25) is 0 Å². The maximum absolute atomic E-state index is 9.24. The van der Waals surface area contributed by atoms with Crippen LogP contribution in [-0.4, -0.2) is 23.9 Å². The fourth-order valence-corrected chi connectivity index (χ4v) is 2.77. The van der Waals surface area contributed by atoms with Gasteiger partial charge in [-0.2, -0.15) is 0 Å². The number of rotatable bonds is 6. The Morgan fingerprint density at radius 3 is 2.80 bits per heavy atom. The molecule has 0 spiro atoms. The Labute approximate surface area is 92.3 Å². The molecule has 0 aromatic rings. The minimum Gasteiger partial charge on any atom is -0.394 e. The van der Waals surface area contributed by atoms with E-state index in [1.165, 1.54) is 19.3 Å². The molecule has 2 aliphatic carbocycles. The van der Waals surface area contributed by atoms with Crippen molar-refractivity contribution < 1.29 is 9.84 Å². The largest absolute Gasteiger partial charge is 0.394 e. The molecular formula is C13H22O2. The predicted octanol–water partition coefficient (Wildman–Crippen LogP) is 2.52. The Bertz CT molecular complexity index is 225. The minimum atomic E-state index is 0.0719. The number of aliphatic hydroxyl groups is 1. The van der Waals surface area contributed by atoms with E-state index >= 15 is 0 Å². The zero-order chi connectivity index (χ0) is 10.7. The highest BCUT2D eigenvalue weighted by Crippen LogP contribution is 2.41. The van der Waals surface area contributed by atoms with Gasteiger partial charge in [0.1, 0.15) is 0 Å². The molecule has 86 valence electrons. The van der Waals surface area contributed by atoms with Crippen LogP contribution in [0, 0.1) is 11.8 Å². The molecule has 0 radical (unpaired) electrons. The summed E-state index contributed by atoms with van der Waals surface area (Å²) in [5.74, 6) is 1.39. The lowest BCUT2D eigenvalue weighted by Crippen LogP contribution is -2.28. The lowest BCUT2D eigenvalue weighted by Gasteiger charge is -2.24. The summed E-state index contributed by atoms with van der Waals surface area (Å²) >= 11 is 0. The number of aliphatic hydroxyl groups excluding tert-OH is 1. The molecule has 1 fully saturated rings. The first-order valence-corrected chi connectivity index (χ1v) is 6.28. The molecule has 4 atom stereocenters. The second kappa shape index (κ2) is 5.13. The molecule has 2 nitrogen and oxygen atoms in total. The van der Waals surface area contributed by atoms with E-state index in [0.29, 0.717) is 12.0 Å². The molecule has 0 aromatic carbocycles. The number of hydrogen-bond donors (Lipinski definition) is 1. The van der Waals surface area contributed by atoms with Crippen LogP contribution < -0.4 is 0 Å². The summed E-state index contributed by atoms with van der Waals surface area (Å²) in [6.07, 6.45) is 10.9. The predicted molar refractivity (Wildman–Crippen MR) is 60.6 cm³/mol. The molecule has 4 unspecified atom stereocenters. The van der Waals surface area contributed by atoms with Crippen molar-refractivity contribution in [1.82, 2.24) is 0 Å². The van der Waals surface area contributed by atoms with Crippen molar-refractivity contribution in [3.05, 3.63) is 12.2 Å². The van der Waals surface area contributed by atoms with Gasteiger partial charge >= 0.3 is 0 Å². The molecule has 0 saturated heterocycles. The maximum Gasteiger partial charge on any atom is 0.0809 e. The Morgan fingerprint density at radius 2 is 2.27 bits per heavy atom. The lowest BCUT2D eigenvalue weighted by atomic mass is 10.0. The summed E-state index contributed by atoms with van der Waals surface area (Å²) in [4.78, 5) is 0. The highest BCUT2D eigenvalue weighted by atomic mass is 16.5. The Morgan fingerprint density at radius 1 is 1.40 bits per heavy atom. The summed E-state index contributed by atoms with van der Waals surface area (Å²) in [6.45, 7) is 2.35. The smallest absolute Gasteiger partial charge is 0.0809 e. The molecule has 2 rings (SSSR count). The van der Waals surface area contributed by atoms with Gasteiger partial charge in [0, 0.05) is 5.92 Å². The van der Waals surface area contributed by atoms with E-state index in [1.54, 1.807) is 0 Å². The number of unbranched alkanes of at least 4 members (excludes halogenated alkanes) is 1. The zero-order valence-electron chi connectivity index (χ0n) is 9.56. The van der Waals surface area contributed by atoms with Gasteiger partial charge in [0.25, 0.3) is 0 Å². The molecule has 2 bridgehead atoms. The SMILES string of the molecule is CCCCC(CO)OC1CC2C=CC1C2. The summed E-state index contributed by atoms with van der Waals surface area (Å²) < 4.78 is 6.00. The van der Waals surface area contributed by atoms with Gasteiger partial charge < -0.3 is 9.84 Å². The Balaban J connectivity index is 1.77. The fraction of sp³-hybridized carbons (Fsp3) is 0.846. The van der Waals surface area contributed by atoms with Crippen molar-refractivity contribution in [1.29, 1.82) is 0 Å². The highest BCUT2D eigenvalue weighted by Gasteiger charge is 2.37. The van der Waals surface area contributed by atoms with Gasteiger partial charge in [-0.3, -0.25) is 0 Å². The van der Waals surface area contributed by atoms with E-state index in [2.05, 4.69) is 19.1 Å². The monoisotopic (exact) mass is 210 g/mol. The average Bonchev–Trinajstić information content (AvgIpc) is 2.85. The van der Waals surface area contributed by atoms with Crippen LogP contribution in [0.5, 0.6) is 0 Å². The van der Waals surface area contributed by atoms with Crippen molar-refractivity contribution in [2.45, 2.75) is 51.2 Å². The van der Waals surface area contributed by atoms with Crippen LogP contribution in [0.15, 0.2) is 12.2 Å². The number of ether oxygens (including phenoxy) is 1. The molecule has 0 amide bonds. The third kappa shape index (κ3) is 2.61. The summed E-state index contributed by atoms with van der Waals surface area (Å²) in [5, 5.41) is 9.24. The van der Waals surface area contributed by atoms with Crippen LogP contribution in [0.1, 0.15) is 39.0 Å². The molecule has 2 aliphatic rings. The Hall–Kier alpha value is -0.340. The molecule has 15 heavy (non-hydrogen) atoms. The van der Waals surface area contributed by atoms with Crippen molar-refractivity contribution >= 4 is 0 Å². The van der Waals surface area contributed by atoms with E-state index in [1.807, 2.05) is 0 Å².